The first-order valence-electron chi connectivity index (χ1n) is 6.93. The fourth-order valence-electron chi connectivity index (χ4n) is 2.84. The van der Waals surface area contributed by atoms with Crippen LogP contribution in [0.5, 0.6) is 0 Å². The number of nitrogens with zero attached hydrogens (tertiary/aromatic N) is 1. The highest BCUT2D eigenvalue weighted by atomic mass is 79.9. The van der Waals surface area contributed by atoms with E-state index in [1.807, 2.05) is 29.2 Å². The second-order valence-electron chi connectivity index (χ2n) is 5.52. The molecule has 1 saturated heterocycles. The molecule has 4 nitrogen and oxygen atoms in total. The Morgan fingerprint density at radius 1 is 1.40 bits per heavy atom. The normalized spacial score (nSPS) is 24.5. The number of carbonyl (C=O) groups is 1. The largest absolute Gasteiger partial charge is 0.394 e. The van der Waals surface area contributed by atoms with Crippen molar-refractivity contribution in [3.05, 3.63) is 34.3 Å². The van der Waals surface area contributed by atoms with Crippen molar-refractivity contribution in [1.82, 2.24) is 4.90 Å². The van der Waals surface area contributed by atoms with Crippen LogP contribution in [0.4, 0.5) is 0 Å². The van der Waals surface area contributed by atoms with E-state index in [-0.39, 0.29) is 24.0 Å². The molecule has 1 heterocycles. The summed E-state index contributed by atoms with van der Waals surface area (Å²) in [5.41, 5.74) is 0.760. The molecule has 1 atom stereocenters. The molecule has 1 aliphatic carbocycles. The van der Waals surface area contributed by atoms with Gasteiger partial charge in [0.25, 0.3) is 0 Å². The highest BCUT2D eigenvalue weighted by molar-refractivity contribution is 9.10. The van der Waals surface area contributed by atoms with Gasteiger partial charge in [-0.1, -0.05) is 28.1 Å². The van der Waals surface area contributed by atoms with Gasteiger partial charge in [0, 0.05) is 17.6 Å². The minimum atomic E-state index is -0.335. The number of rotatable bonds is 3. The van der Waals surface area contributed by atoms with Crippen LogP contribution in [0.3, 0.4) is 0 Å². The van der Waals surface area contributed by atoms with Gasteiger partial charge < -0.3 is 14.7 Å². The summed E-state index contributed by atoms with van der Waals surface area (Å²) >= 11 is 3.42. The molecule has 2 fully saturated rings. The van der Waals surface area contributed by atoms with E-state index < -0.39 is 0 Å². The molecule has 0 radical (unpaired) electrons. The summed E-state index contributed by atoms with van der Waals surface area (Å²) in [7, 11) is 0. The molecule has 1 N–H and O–H groups in total. The van der Waals surface area contributed by atoms with Gasteiger partial charge in [-0.15, -0.1) is 0 Å². The van der Waals surface area contributed by atoms with Crippen LogP contribution in [-0.4, -0.2) is 48.3 Å². The van der Waals surface area contributed by atoms with Gasteiger partial charge in [0.15, 0.2) is 0 Å². The third-order valence-electron chi connectivity index (χ3n) is 4.19. The minimum Gasteiger partial charge on any atom is -0.394 e. The molecule has 0 bridgehead atoms. The van der Waals surface area contributed by atoms with Gasteiger partial charge in [0.1, 0.15) is 0 Å². The van der Waals surface area contributed by atoms with Crippen molar-refractivity contribution in [2.75, 3.05) is 26.3 Å². The first-order chi connectivity index (χ1) is 9.65. The molecule has 0 spiro atoms. The molecule has 3 rings (SSSR count). The van der Waals surface area contributed by atoms with Gasteiger partial charge >= 0.3 is 0 Å². The van der Waals surface area contributed by atoms with Crippen molar-refractivity contribution >= 4 is 21.8 Å². The highest BCUT2D eigenvalue weighted by Crippen LogP contribution is 2.49. The Hall–Kier alpha value is -0.910. The molecule has 108 valence electrons. The Labute approximate surface area is 126 Å². The molecule has 2 aliphatic rings. The summed E-state index contributed by atoms with van der Waals surface area (Å²) in [6.07, 6.45) is 1.58. The summed E-state index contributed by atoms with van der Waals surface area (Å²) in [5, 5.41) is 9.19. The average Bonchev–Trinajstić information content (AvgIpc) is 3.29. The Morgan fingerprint density at radius 2 is 2.10 bits per heavy atom. The van der Waals surface area contributed by atoms with Gasteiger partial charge in [-0.25, -0.2) is 0 Å². The van der Waals surface area contributed by atoms with Crippen LogP contribution in [0.2, 0.25) is 0 Å². The van der Waals surface area contributed by atoms with Crippen molar-refractivity contribution < 1.29 is 14.6 Å². The first kappa shape index (κ1) is 14.0. The predicted octanol–water partition coefficient (Wildman–Crippen LogP) is 1.70. The fourth-order valence-corrected chi connectivity index (χ4v) is 3.10. The van der Waals surface area contributed by atoms with Crippen molar-refractivity contribution in [2.24, 2.45) is 0 Å². The molecule has 0 aromatic heterocycles. The topological polar surface area (TPSA) is 49.8 Å². The van der Waals surface area contributed by atoms with Crippen molar-refractivity contribution in [3.63, 3.8) is 0 Å². The summed E-state index contributed by atoms with van der Waals surface area (Å²) in [6, 6.07) is 8.02. The second kappa shape index (κ2) is 5.47. The number of ether oxygens (including phenoxy) is 1. The van der Waals surface area contributed by atoms with E-state index in [2.05, 4.69) is 15.9 Å². The minimum absolute atomic E-state index is 0.0327. The molecule has 1 aliphatic heterocycles. The zero-order chi connectivity index (χ0) is 14.2. The number of hydrogen-bond acceptors (Lipinski definition) is 3. The Balaban J connectivity index is 1.77. The predicted molar refractivity (Wildman–Crippen MR) is 78.5 cm³/mol. The van der Waals surface area contributed by atoms with Gasteiger partial charge in [-0.05, 0) is 30.5 Å². The van der Waals surface area contributed by atoms with Crippen molar-refractivity contribution in [2.45, 2.75) is 24.4 Å². The third-order valence-corrected chi connectivity index (χ3v) is 4.71. The number of carbonyl (C=O) groups excluding carboxylic acids is 1. The van der Waals surface area contributed by atoms with Crippen LogP contribution in [0, 0.1) is 0 Å². The maximum absolute atomic E-state index is 12.8. The lowest BCUT2D eigenvalue weighted by Gasteiger charge is -2.34. The van der Waals surface area contributed by atoms with E-state index in [0.717, 1.165) is 22.9 Å². The summed E-state index contributed by atoms with van der Waals surface area (Å²) in [4.78, 5) is 14.7. The smallest absolute Gasteiger partial charge is 0.233 e. The Kier molecular flexibility index (Phi) is 3.84. The summed E-state index contributed by atoms with van der Waals surface area (Å²) < 4.78 is 6.44. The quantitative estimate of drug-likeness (QED) is 0.911. The van der Waals surface area contributed by atoms with Gasteiger partial charge in [0.2, 0.25) is 5.91 Å². The standard InChI is InChI=1S/C15H18BrNO3/c16-12-3-1-11(2-4-12)15(5-6-15)14(19)17-7-8-20-13(9-17)10-18/h1-4,13,18H,5-10H2. The maximum Gasteiger partial charge on any atom is 0.233 e. The molecule has 5 heteroatoms. The van der Waals surface area contributed by atoms with E-state index >= 15 is 0 Å². The number of morpholine rings is 1. The van der Waals surface area contributed by atoms with Crippen LogP contribution < -0.4 is 0 Å². The Morgan fingerprint density at radius 3 is 2.70 bits per heavy atom. The molecule has 1 aromatic rings. The zero-order valence-electron chi connectivity index (χ0n) is 11.2. The lowest BCUT2D eigenvalue weighted by Crippen LogP contribution is -2.50. The van der Waals surface area contributed by atoms with Crippen LogP contribution in [0.25, 0.3) is 0 Å². The van der Waals surface area contributed by atoms with Crippen molar-refractivity contribution in [3.8, 4) is 0 Å². The number of aliphatic hydroxyl groups excluding tert-OH is 1. The molecule has 1 aromatic carbocycles. The number of amides is 1. The number of aliphatic hydroxyl groups is 1. The monoisotopic (exact) mass is 339 g/mol. The van der Waals surface area contributed by atoms with Crippen LogP contribution >= 0.6 is 15.9 Å². The van der Waals surface area contributed by atoms with Gasteiger partial charge in [-0.2, -0.15) is 0 Å². The number of benzene rings is 1. The summed E-state index contributed by atoms with van der Waals surface area (Å²) in [6.45, 7) is 1.59. The van der Waals surface area contributed by atoms with E-state index in [1.54, 1.807) is 0 Å². The Bertz CT molecular complexity index is 498. The maximum atomic E-state index is 12.8. The average molecular weight is 340 g/mol. The lowest BCUT2D eigenvalue weighted by atomic mass is 9.94. The fraction of sp³-hybridized carbons (Fsp3) is 0.533. The second-order valence-corrected chi connectivity index (χ2v) is 6.43. The molecular weight excluding hydrogens is 322 g/mol. The molecule has 20 heavy (non-hydrogen) atoms. The lowest BCUT2D eigenvalue weighted by molar-refractivity contribution is -0.143. The van der Waals surface area contributed by atoms with Gasteiger partial charge in [-0.3, -0.25) is 4.79 Å². The molecule has 1 unspecified atom stereocenters. The van der Waals surface area contributed by atoms with Crippen LogP contribution in [0.15, 0.2) is 28.7 Å². The number of halogens is 1. The van der Waals surface area contributed by atoms with E-state index in [1.165, 1.54) is 0 Å². The third kappa shape index (κ3) is 2.50. The van der Waals surface area contributed by atoms with Crippen molar-refractivity contribution in [1.29, 1.82) is 0 Å². The highest BCUT2D eigenvalue weighted by Gasteiger charge is 2.53. The van der Waals surface area contributed by atoms with E-state index in [0.29, 0.717) is 19.7 Å². The molecular formula is C15H18BrNO3. The number of hydrogen-bond donors (Lipinski definition) is 1. The van der Waals surface area contributed by atoms with E-state index in [4.69, 9.17) is 4.74 Å². The molecule has 1 saturated carbocycles. The van der Waals surface area contributed by atoms with Gasteiger partial charge in [0.05, 0.1) is 24.7 Å². The van der Waals surface area contributed by atoms with E-state index in [9.17, 15) is 9.90 Å². The SMILES string of the molecule is O=C(N1CCOC(CO)C1)C1(c2ccc(Br)cc2)CC1. The van der Waals surface area contributed by atoms with Crippen LogP contribution in [0.1, 0.15) is 18.4 Å². The van der Waals surface area contributed by atoms with Crippen LogP contribution in [-0.2, 0) is 14.9 Å². The summed E-state index contributed by atoms with van der Waals surface area (Å²) in [5.74, 6) is 0.182. The molecule has 1 amide bonds. The zero-order valence-corrected chi connectivity index (χ0v) is 12.8. The first-order valence-corrected chi connectivity index (χ1v) is 7.73.